The minimum absolute atomic E-state index is 0.0710. The first-order chi connectivity index (χ1) is 15.7. The smallest absolute Gasteiger partial charge is 0.417 e. The topological polar surface area (TPSA) is 104 Å². The van der Waals surface area contributed by atoms with Crippen LogP contribution in [0.15, 0.2) is 24.4 Å². The van der Waals surface area contributed by atoms with Crippen molar-refractivity contribution in [3.8, 4) is 5.75 Å². The SMILES string of the molecule is COc1c([C@H]2[C@@H](C)[C@](C)(C(F)(F)F)O[C@H]2C(=O)Nc2cc(C(N)=O)ncc2C)ccc(F)c1F. The molecular weight excluding hydrogens is 465 g/mol. The van der Waals surface area contributed by atoms with Gasteiger partial charge in [-0.05, 0) is 31.5 Å². The van der Waals surface area contributed by atoms with E-state index >= 15 is 0 Å². The number of nitrogens with two attached hydrogens (primary N) is 1. The standard InChI is InChI=1S/C22H22F5N3O4/c1-9-8-29-14(19(28)31)7-13(9)30-20(32)18-15(10(2)21(3,34-18)22(25,26)27)11-5-6-12(23)16(24)17(11)33-4/h5-8,10,15,18H,1-4H3,(H2,28,31)(H,29,30,32)/t10-,15-,18-,21-/m1/s1. The Kier molecular flexibility index (Phi) is 6.57. The number of nitrogens with zero attached hydrogens (tertiary/aromatic N) is 1. The number of methoxy groups -OCH3 is 1. The number of carbonyl (C=O) groups excluding carboxylic acids is 2. The van der Waals surface area contributed by atoms with Crippen LogP contribution >= 0.6 is 0 Å². The van der Waals surface area contributed by atoms with E-state index in [0.717, 1.165) is 26.2 Å². The number of hydrogen-bond donors (Lipinski definition) is 2. The Morgan fingerprint density at radius 2 is 1.91 bits per heavy atom. The van der Waals surface area contributed by atoms with Crippen LogP contribution in [0.25, 0.3) is 0 Å². The Morgan fingerprint density at radius 3 is 2.47 bits per heavy atom. The van der Waals surface area contributed by atoms with Crippen LogP contribution in [0.5, 0.6) is 5.75 Å². The molecule has 1 saturated heterocycles. The number of halogens is 5. The largest absolute Gasteiger partial charge is 0.493 e. The van der Waals surface area contributed by atoms with Crippen molar-refractivity contribution in [3.63, 3.8) is 0 Å². The van der Waals surface area contributed by atoms with E-state index in [-0.39, 0.29) is 16.9 Å². The first kappa shape index (κ1) is 25.3. The summed E-state index contributed by atoms with van der Waals surface area (Å²) in [5.41, 5.74) is 2.53. The molecule has 3 N–H and O–H groups in total. The first-order valence-corrected chi connectivity index (χ1v) is 10.1. The summed E-state index contributed by atoms with van der Waals surface area (Å²) in [5, 5.41) is 2.43. The van der Waals surface area contributed by atoms with Gasteiger partial charge in [-0.3, -0.25) is 14.6 Å². The van der Waals surface area contributed by atoms with E-state index in [2.05, 4.69) is 10.3 Å². The van der Waals surface area contributed by atoms with Gasteiger partial charge in [-0.2, -0.15) is 17.6 Å². The zero-order chi connectivity index (χ0) is 25.6. The maximum Gasteiger partial charge on any atom is 0.417 e. The number of pyridine rings is 1. The van der Waals surface area contributed by atoms with Gasteiger partial charge >= 0.3 is 6.18 Å². The predicted octanol–water partition coefficient (Wildman–Crippen LogP) is 3.85. The molecule has 2 amide bonds. The van der Waals surface area contributed by atoms with Gasteiger partial charge in [0, 0.05) is 29.3 Å². The lowest BCUT2D eigenvalue weighted by Crippen LogP contribution is -2.47. The van der Waals surface area contributed by atoms with Gasteiger partial charge in [0.25, 0.3) is 11.8 Å². The van der Waals surface area contributed by atoms with Crippen molar-refractivity contribution in [1.82, 2.24) is 4.98 Å². The van der Waals surface area contributed by atoms with Crippen LogP contribution in [0.2, 0.25) is 0 Å². The molecule has 4 atom stereocenters. The highest BCUT2D eigenvalue weighted by molar-refractivity contribution is 5.98. The van der Waals surface area contributed by atoms with Crippen molar-refractivity contribution in [3.05, 3.63) is 52.9 Å². The summed E-state index contributed by atoms with van der Waals surface area (Å²) in [5.74, 6) is -7.94. The number of aryl methyl sites for hydroxylation is 1. The number of nitrogens with one attached hydrogen (secondary N) is 1. The van der Waals surface area contributed by atoms with Gasteiger partial charge in [-0.15, -0.1) is 0 Å². The van der Waals surface area contributed by atoms with Crippen molar-refractivity contribution < 1.29 is 41.0 Å². The van der Waals surface area contributed by atoms with E-state index in [1.54, 1.807) is 6.92 Å². The van der Waals surface area contributed by atoms with E-state index in [9.17, 15) is 31.5 Å². The molecule has 1 aromatic heterocycles. The first-order valence-electron chi connectivity index (χ1n) is 10.1. The quantitative estimate of drug-likeness (QED) is 0.624. The second-order valence-electron chi connectivity index (χ2n) is 8.18. The number of primary amides is 1. The number of benzene rings is 1. The van der Waals surface area contributed by atoms with Gasteiger partial charge < -0.3 is 20.5 Å². The number of alkyl halides is 3. The summed E-state index contributed by atoms with van der Waals surface area (Å²) >= 11 is 0. The highest BCUT2D eigenvalue weighted by atomic mass is 19.4. The Labute approximate surface area is 191 Å². The number of amides is 2. The average Bonchev–Trinajstić information content (AvgIpc) is 3.03. The molecule has 0 aliphatic carbocycles. The molecule has 1 fully saturated rings. The van der Waals surface area contributed by atoms with Crippen molar-refractivity contribution in [2.24, 2.45) is 11.7 Å². The molecule has 0 saturated carbocycles. The summed E-state index contributed by atoms with van der Waals surface area (Å²) in [4.78, 5) is 28.4. The van der Waals surface area contributed by atoms with Gasteiger partial charge in [0.2, 0.25) is 5.82 Å². The lowest BCUT2D eigenvalue weighted by Gasteiger charge is -2.32. The number of carbonyl (C=O) groups is 2. The average molecular weight is 487 g/mol. The number of anilines is 1. The van der Waals surface area contributed by atoms with E-state index in [0.29, 0.717) is 5.56 Å². The fraction of sp³-hybridized carbons (Fsp3) is 0.409. The molecular formula is C22H22F5N3O4. The number of aromatic nitrogens is 1. The lowest BCUT2D eigenvalue weighted by atomic mass is 9.77. The summed E-state index contributed by atoms with van der Waals surface area (Å²) in [6, 6.07) is 2.97. The lowest BCUT2D eigenvalue weighted by molar-refractivity contribution is -0.272. The third-order valence-corrected chi connectivity index (χ3v) is 6.18. The molecule has 1 aliphatic rings. The van der Waals surface area contributed by atoms with Crippen LogP contribution in [0.1, 0.15) is 41.4 Å². The molecule has 2 aromatic rings. The molecule has 7 nitrogen and oxygen atoms in total. The molecule has 1 aliphatic heterocycles. The molecule has 0 spiro atoms. The van der Waals surface area contributed by atoms with E-state index < -0.39 is 58.9 Å². The molecule has 12 heteroatoms. The van der Waals surface area contributed by atoms with E-state index in [1.165, 1.54) is 19.2 Å². The van der Waals surface area contributed by atoms with Crippen molar-refractivity contribution in [2.45, 2.75) is 44.6 Å². The van der Waals surface area contributed by atoms with Crippen LogP contribution in [0.3, 0.4) is 0 Å². The molecule has 184 valence electrons. The van der Waals surface area contributed by atoms with E-state index in [1.807, 2.05) is 0 Å². The normalized spacial score (nSPS) is 24.7. The van der Waals surface area contributed by atoms with Gasteiger partial charge in [-0.1, -0.05) is 13.0 Å². The third kappa shape index (κ3) is 4.17. The molecule has 34 heavy (non-hydrogen) atoms. The van der Waals surface area contributed by atoms with Crippen molar-refractivity contribution in [2.75, 3.05) is 12.4 Å². The zero-order valence-electron chi connectivity index (χ0n) is 18.6. The number of hydrogen-bond acceptors (Lipinski definition) is 5. The monoisotopic (exact) mass is 487 g/mol. The fourth-order valence-corrected chi connectivity index (χ4v) is 4.04. The van der Waals surface area contributed by atoms with Gasteiger partial charge in [0.1, 0.15) is 11.8 Å². The fourth-order valence-electron chi connectivity index (χ4n) is 4.04. The molecule has 3 rings (SSSR count). The molecule has 0 unspecified atom stereocenters. The summed E-state index contributed by atoms with van der Waals surface area (Å²) in [7, 11) is 1.03. The number of rotatable bonds is 5. The second kappa shape index (κ2) is 8.82. The molecule has 0 radical (unpaired) electrons. The van der Waals surface area contributed by atoms with E-state index in [4.69, 9.17) is 15.2 Å². The summed E-state index contributed by atoms with van der Waals surface area (Å²) in [6.07, 6.45) is -5.41. The zero-order valence-corrected chi connectivity index (χ0v) is 18.6. The summed E-state index contributed by atoms with van der Waals surface area (Å²) in [6.45, 7) is 3.53. The predicted molar refractivity (Wildman–Crippen MR) is 110 cm³/mol. The minimum Gasteiger partial charge on any atom is -0.493 e. The van der Waals surface area contributed by atoms with Crippen molar-refractivity contribution in [1.29, 1.82) is 0 Å². The third-order valence-electron chi connectivity index (χ3n) is 6.18. The maximum atomic E-state index is 14.4. The van der Waals surface area contributed by atoms with Crippen LogP contribution in [0, 0.1) is 24.5 Å². The van der Waals surface area contributed by atoms with Crippen LogP contribution in [0.4, 0.5) is 27.6 Å². The van der Waals surface area contributed by atoms with Gasteiger partial charge in [0.15, 0.2) is 17.2 Å². The Morgan fingerprint density at radius 1 is 1.26 bits per heavy atom. The molecule has 1 aromatic carbocycles. The number of ether oxygens (including phenoxy) is 2. The second-order valence-corrected chi connectivity index (χ2v) is 8.18. The molecule has 2 heterocycles. The van der Waals surface area contributed by atoms with Gasteiger partial charge in [-0.25, -0.2) is 4.39 Å². The van der Waals surface area contributed by atoms with Crippen LogP contribution < -0.4 is 15.8 Å². The van der Waals surface area contributed by atoms with Gasteiger partial charge in [0.05, 0.1) is 7.11 Å². The van der Waals surface area contributed by atoms with Crippen LogP contribution in [-0.4, -0.2) is 41.8 Å². The maximum absolute atomic E-state index is 14.4. The highest BCUT2D eigenvalue weighted by Gasteiger charge is 2.65. The Balaban J connectivity index is 2.10. The Hall–Kier alpha value is -3.28. The minimum atomic E-state index is -4.89. The summed E-state index contributed by atoms with van der Waals surface area (Å²) < 4.78 is 80.4. The Bertz CT molecular complexity index is 1140. The van der Waals surface area contributed by atoms with Crippen molar-refractivity contribution >= 4 is 17.5 Å². The van der Waals surface area contributed by atoms with Crippen LogP contribution in [-0.2, 0) is 9.53 Å². The molecule has 0 bridgehead atoms. The highest BCUT2D eigenvalue weighted by Crippen LogP contribution is 2.55.